The van der Waals surface area contributed by atoms with Crippen LogP contribution in [0.5, 0.6) is 5.75 Å². The molecule has 1 saturated heterocycles. The molecule has 128 valence electrons. The summed E-state index contributed by atoms with van der Waals surface area (Å²) < 4.78 is 6.04. The number of carbonyl (C=O) groups excluding carboxylic acids is 1. The Morgan fingerprint density at radius 2 is 2.22 bits per heavy atom. The number of carbonyl (C=O) groups is 1. The summed E-state index contributed by atoms with van der Waals surface area (Å²) in [5, 5.41) is 6.47. The third-order valence-electron chi connectivity index (χ3n) is 4.99. The number of amides is 1. The first-order valence-corrected chi connectivity index (χ1v) is 8.41. The molecule has 1 aromatic rings. The van der Waals surface area contributed by atoms with Crippen LogP contribution in [0.3, 0.4) is 0 Å². The number of benzene rings is 1. The smallest absolute Gasteiger partial charge is 0.220 e. The Morgan fingerprint density at radius 3 is 2.91 bits per heavy atom. The quantitative estimate of drug-likeness (QED) is 0.868. The molecule has 4 nitrogen and oxygen atoms in total. The summed E-state index contributed by atoms with van der Waals surface area (Å²) in [6, 6.07) is 8.18. The lowest BCUT2D eigenvalue weighted by atomic mass is 9.93. The van der Waals surface area contributed by atoms with Crippen LogP contribution in [-0.2, 0) is 4.79 Å². The van der Waals surface area contributed by atoms with E-state index in [1.807, 2.05) is 25.1 Å². The van der Waals surface area contributed by atoms with E-state index in [0.717, 1.165) is 25.3 Å². The van der Waals surface area contributed by atoms with Crippen LogP contribution in [0.15, 0.2) is 24.3 Å². The van der Waals surface area contributed by atoms with E-state index in [1.165, 1.54) is 12.0 Å². The van der Waals surface area contributed by atoms with Gasteiger partial charge in [0.25, 0.3) is 0 Å². The van der Waals surface area contributed by atoms with Crippen molar-refractivity contribution in [3.8, 4) is 5.75 Å². The fourth-order valence-electron chi connectivity index (χ4n) is 3.63. The van der Waals surface area contributed by atoms with E-state index in [0.29, 0.717) is 18.3 Å². The van der Waals surface area contributed by atoms with Crippen LogP contribution in [0.2, 0.25) is 0 Å². The zero-order chi connectivity index (χ0) is 15.5. The lowest BCUT2D eigenvalue weighted by Crippen LogP contribution is -2.44. The van der Waals surface area contributed by atoms with Crippen molar-refractivity contribution in [2.75, 3.05) is 13.1 Å². The van der Waals surface area contributed by atoms with Gasteiger partial charge >= 0.3 is 0 Å². The molecule has 2 aliphatic heterocycles. The van der Waals surface area contributed by atoms with Gasteiger partial charge in [0.15, 0.2) is 0 Å². The Hall–Kier alpha value is -1.26. The van der Waals surface area contributed by atoms with E-state index in [9.17, 15) is 4.79 Å². The minimum atomic E-state index is 0. The number of hydrogen-bond acceptors (Lipinski definition) is 3. The van der Waals surface area contributed by atoms with Crippen LogP contribution >= 0.6 is 12.4 Å². The summed E-state index contributed by atoms with van der Waals surface area (Å²) in [5.41, 5.74) is 1.24. The molecule has 3 rings (SSSR count). The molecule has 5 heteroatoms. The highest BCUT2D eigenvalue weighted by Crippen LogP contribution is 2.38. The number of hydrogen-bond donors (Lipinski definition) is 2. The van der Waals surface area contributed by atoms with Crippen LogP contribution in [0, 0.1) is 5.92 Å². The van der Waals surface area contributed by atoms with Gasteiger partial charge in [0.2, 0.25) is 5.91 Å². The van der Waals surface area contributed by atoms with Crippen LogP contribution in [0.4, 0.5) is 0 Å². The third kappa shape index (κ3) is 4.18. The molecule has 0 spiro atoms. The Balaban J connectivity index is 0.00000192. The fourth-order valence-corrected chi connectivity index (χ4v) is 3.63. The zero-order valence-electron chi connectivity index (χ0n) is 13.9. The van der Waals surface area contributed by atoms with Gasteiger partial charge in [-0.1, -0.05) is 25.1 Å². The van der Waals surface area contributed by atoms with Crippen molar-refractivity contribution in [1.82, 2.24) is 10.6 Å². The summed E-state index contributed by atoms with van der Waals surface area (Å²) in [6.07, 6.45) is 2.81. The number of para-hydroxylation sites is 1. The minimum Gasteiger partial charge on any atom is -0.487 e. The summed E-state index contributed by atoms with van der Waals surface area (Å²) >= 11 is 0. The molecule has 2 heterocycles. The average molecular weight is 339 g/mol. The molecule has 0 aliphatic carbocycles. The van der Waals surface area contributed by atoms with Gasteiger partial charge in [0.1, 0.15) is 11.9 Å². The van der Waals surface area contributed by atoms with Crippen LogP contribution in [-0.4, -0.2) is 31.1 Å². The number of fused-ring (bicyclic) bond motifs is 1. The first-order chi connectivity index (χ1) is 10.6. The lowest BCUT2D eigenvalue weighted by molar-refractivity contribution is -0.122. The summed E-state index contributed by atoms with van der Waals surface area (Å²) in [6.45, 7) is 6.36. The molecule has 0 saturated carbocycles. The highest BCUT2D eigenvalue weighted by molar-refractivity contribution is 5.85. The molecule has 1 aromatic carbocycles. The van der Waals surface area contributed by atoms with Crippen molar-refractivity contribution in [1.29, 1.82) is 0 Å². The van der Waals surface area contributed by atoms with Gasteiger partial charge < -0.3 is 15.4 Å². The number of halogens is 1. The second kappa shape index (κ2) is 8.02. The fraction of sp³-hybridized carbons (Fsp3) is 0.611. The third-order valence-corrected chi connectivity index (χ3v) is 4.99. The molecule has 1 fully saturated rings. The molecule has 0 bridgehead atoms. The standard InChI is InChI=1S/C18H26N2O2.ClH/c1-12-15-5-3-4-6-16(15)22-18(12)13(2)20-17(21)8-7-14-9-10-19-11-14;/h3-6,12-14,18-19H,7-11H2,1-2H3,(H,20,21);1H. The largest absolute Gasteiger partial charge is 0.487 e. The topological polar surface area (TPSA) is 50.4 Å². The lowest BCUT2D eigenvalue weighted by Gasteiger charge is -2.24. The Morgan fingerprint density at radius 1 is 1.43 bits per heavy atom. The molecular formula is C18H27ClN2O2. The van der Waals surface area contributed by atoms with Gasteiger partial charge in [-0.2, -0.15) is 0 Å². The van der Waals surface area contributed by atoms with E-state index in [4.69, 9.17) is 4.74 Å². The van der Waals surface area contributed by atoms with Crippen molar-refractivity contribution in [2.24, 2.45) is 5.92 Å². The van der Waals surface area contributed by atoms with Crippen molar-refractivity contribution in [2.45, 2.75) is 51.2 Å². The highest BCUT2D eigenvalue weighted by atomic mass is 35.5. The molecule has 0 radical (unpaired) electrons. The summed E-state index contributed by atoms with van der Waals surface area (Å²) in [7, 11) is 0. The van der Waals surface area contributed by atoms with E-state index in [-0.39, 0.29) is 30.5 Å². The summed E-state index contributed by atoms with van der Waals surface area (Å²) in [5.74, 6) is 2.07. The number of rotatable bonds is 5. The van der Waals surface area contributed by atoms with Crippen LogP contribution in [0.1, 0.15) is 44.6 Å². The van der Waals surface area contributed by atoms with Gasteiger partial charge in [-0.3, -0.25) is 4.79 Å². The van der Waals surface area contributed by atoms with E-state index in [2.05, 4.69) is 23.6 Å². The van der Waals surface area contributed by atoms with Crippen molar-refractivity contribution in [3.63, 3.8) is 0 Å². The van der Waals surface area contributed by atoms with E-state index < -0.39 is 0 Å². The molecule has 0 aromatic heterocycles. The Bertz CT molecular complexity index is 532. The second-order valence-corrected chi connectivity index (χ2v) is 6.66. The molecule has 4 atom stereocenters. The highest BCUT2D eigenvalue weighted by Gasteiger charge is 2.35. The maximum absolute atomic E-state index is 12.2. The van der Waals surface area contributed by atoms with E-state index in [1.54, 1.807) is 0 Å². The monoisotopic (exact) mass is 338 g/mol. The van der Waals surface area contributed by atoms with Crippen LogP contribution < -0.4 is 15.4 Å². The normalized spacial score (nSPS) is 26.8. The Kier molecular flexibility index (Phi) is 6.31. The molecule has 4 unspecified atom stereocenters. The predicted molar refractivity (Wildman–Crippen MR) is 94.3 cm³/mol. The van der Waals surface area contributed by atoms with Crippen molar-refractivity contribution in [3.05, 3.63) is 29.8 Å². The van der Waals surface area contributed by atoms with Gasteiger partial charge in [-0.05, 0) is 44.8 Å². The summed E-state index contributed by atoms with van der Waals surface area (Å²) in [4.78, 5) is 12.2. The molecule has 2 N–H and O–H groups in total. The SMILES string of the molecule is CC(NC(=O)CCC1CCNC1)C1Oc2ccccc2C1C.Cl. The predicted octanol–water partition coefficient (Wildman–Crippen LogP) is 2.87. The molecule has 23 heavy (non-hydrogen) atoms. The first-order valence-electron chi connectivity index (χ1n) is 8.41. The van der Waals surface area contributed by atoms with Gasteiger partial charge in [0, 0.05) is 17.9 Å². The van der Waals surface area contributed by atoms with Crippen molar-refractivity contribution < 1.29 is 9.53 Å². The second-order valence-electron chi connectivity index (χ2n) is 6.66. The Labute approximate surface area is 144 Å². The maximum atomic E-state index is 12.2. The minimum absolute atomic E-state index is 0. The zero-order valence-corrected chi connectivity index (χ0v) is 14.7. The average Bonchev–Trinajstić information content (AvgIpc) is 3.14. The van der Waals surface area contributed by atoms with Gasteiger partial charge in [0.05, 0.1) is 6.04 Å². The molecule has 1 amide bonds. The van der Waals surface area contributed by atoms with Crippen molar-refractivity contribution >= 4 is 18.3 Å². The first kappa shape index (κ1) is 18.1. The number of ether oxygens (including phenoxy) is 1. The van der Waals surface area contributed by atoms with Crippen LogP contribution in [0.25, 0.3) is 0 Å². The van der Waals surface area contributed by atoms with E-state index >= 15 is 0 Å². The molecular weight excluding hydrogens is 312 g/mol. The molecule has 2 aliphatic rings. The number of nitrogens with one attached hydrogen (secondary N) is 2. The maximum Gasteiger partial charge on any atom is 0.220 e. The van der Waals surface area contributed by atoms with Gasteiger partial charge in [-0.25, -0.2) is 0 Å². The van der Waals surface area contributed by atoms with Gasteiger partial charge in [-0.15, -0.1) is 12.4 Å².